The fourth-order valence-corrected chi connectivity index (χ4v) is 2.56. The van der Waals surface area contributed by atoms with E-state index in [-0.39, 0.29) is 30.8 Å². The normalized spacial score (nSPS) is 18.6. The van der Waals surface area contributed by atoms with Crippen LogP contribution in [0.1, 0.15) is 30.9 Å². The second-order valence-corrected chi connectivity index (χ2v) is 5.37. The fraction of sp³-hybridized carbons (Fsp3) is 0.429. The lowest BCUT2D eigenvalue weighted by Crippen LogP contribution is -2.42. The number of carbonyl (C=O) groups is 2. The number of nitrogens with one attached hydrogen (secondary N) is 2. The van der Waals surface area contributed by atoms with Gasteiger partial charge in [0.1, 0.15) is 0 Å². The Kier molecular flexibility index (Phi) is 6.95. The van der Waals surface area contributed by atoms with E-state index >= 15 is 0 Å². The van der Waals surface area contributed by atoms with E-state index in [1.165, 1.54) is 0 Å². The van der Waals surface area contributed by atoms with Crippen molar-refractivity contribution >= 4 is 35.8 Å². The molecule has 21 heavy (non-hydrogen) atoms. The van der Waals surface area contributed by atoms with E-state index in [1.807, 2.05) is 6.07 Å². The minimum absolute atomic E-state index is 0. The monoisotopic (exact) mass is 331 g/mol. The zero-order chi connectivity index (χ0) is 14.5. The quantitative estimate of drug-likeness (QED) is 0.765. The van der Waals surface area contributed by atoms with Crippen LogP contribution in [-0.2, 0) is 9.59 Å². The number of nitrogens with two attached hydrogens (primary N) is 1. The van der Waals surface area contributed by atoms with Gasteiger partial charge in [-0.15, -0.1) is 12.4 Å². The summed E-state index contributed by atoms with van der Waals surface area (Å²) in [6.07, 6.45) is 1.85. The van der Waals surface area contributed by atoms with Gasteiger partial charge in [-0.1, -0.05) is 23.7 Å². The molecular formula is C14H19Cl2N3O2. The topological polar surface area (TPSA) is 84.2 Å². The number of amides is 2. The molecule has 2 atom stereocenters. The van der Waals surface area contributed by atoms with E-state index in [1.54, 1.807) is 18.2 Å². The summed E-state index contributed by atoms with van der Waals surface area (Å²) in [5.41, 5.74) is 6.04. The van der Waals surface area contributed by atoms with Gasteiger partial charge in [-0.3, -0.25) is 9.59 Å². The Morgan fingerprint density at radius 1 is 1.48 bits per heavy atom. The SMILES string of the molecule is Cl.NC(=O)C[C@@H](NC(=O)C1CCCN1)c1cccc(Cl)c1. The van der Waals surface area contributed by atoms with Gasteiger partial charge in [0.2, 0.25) is 11.8 Å². The van der Waals surface area contributed by atoms with Gasteiger partial charge in [0, 0.05) is 5.02 Å². The Morgan fingerprint density at radius 3 is 2.81 bits per heavy atom. The summed E-state index contributed by atoms with van der Waals surface area (Å²) in [6.45, 7) is 0.843. The molecule has 1 aromatic rings. The van der Waals surface area contributed by atoms with Crippen LogP contribution < -0.4 is 16.4 Å². The Bertz CT molecular complexity index is 505. The van der Waals surface area contributed by atoms with Crippen molar-refractivity contribution < 1.29 is 9.59 Å². The number of carbonyl (C=O) groups excluding carboxylic acids is 2. The van der Waals surface area contributed by atoms with E-state index < -0.39 is 11.9 Å². The second-order valence-electron chi connectivity index (χ2n) is 4.94. The summed E-state index contributed by atoms with van der Waals surface area (Å²) >= 11 is 5.95. The zero-order valence-electron chi connectivity index (χ0n) is 11.5. The van der Waals surface area contributed by atoms with Gasteiger partial charge in [0.25, 0.3) is 0 Å². The van der Waals surface area contributed by atoms with Crippen molar-refractivity contribution in [3.05, 3.63) is 34.9 Å². The highest BCUT2D eigenvalue weighted by Gasteiger charge is 2.25. The molecule has 1 aliphatic rings. The zero-order valence-corrected chi connectivity index (χ0v) is 13.0. The summed E-state index contributed by atoms with van der Waals surface area (Å²) in [6, 6.07) is 6.45. The third kappa shape index (κ3) is 5.19. The average Bonchev–Trinajstić information content (AvgIpc) is 2.91. The van der Waals surface area contributed by atoms with Gasteiger partial charge in [0.05, 0.1) is 18.5 Å². The van der Waals surface area contributed by atoms with Crippen molar-refractivity contribution in [1.29, 1.82) is 0 Å². The molecule has 1 aromatic carbocycles. The van der Waals surface area contributed by atoms with Crippen molar-refractivity contribution in [1.82, 2.24) is 10.6 Å². The van der Waals surface area contributed by atoms with E-state index in [2.05, 4.69) is 10.6 Å². The Labute approximate surface area is 135 Å². The van der Waals surface area contributed by atoms with Crippen LogP contribution in [0.25, 0.3) is 0 Å². The maximum absolute atomic E-state index is 12.1. The van der Waals surface area contributed by atoms with Crippen LogP contribution >= 0.6 is 24.0 Å². The Morgan fingerprint density at radius 2 is 2.24 bits per heavy atom. The lowest BCUT2D eigenvalue weighted by atomic mass is 10.0. The van der Waals surface area contributed by atoms with Crippen LogP contribution in [-0.4, -0.2) is 24.4 Å². The first-order valence-electron chi connectivity index (χ1n) is 6.64. The molecule has 4 N–H and O–H groups in total. The maximum atomic E-state index is 12.1. The van der Waals surface area contributed by atoms with Crippen LogP contribution in [0.3, 0.4) is 0 Å². The molecule has 1 saturated heterocycles. The van der Waals surface area contributed by atoms with Gasteiger partial charge in [-0.05, 0) is 37.1 Å². The van der Waals surface area contributed by atoms with Crippen LogP contribution in [0.5, 0.6) is 0 Å². The highest BCUT2D eigenvalue weighted by atomic mass is 35.5. The molecule has 0 saturated carbocycles. The van der Waals surface area contributed by atoms with E-state index in [4.69, 9.17) is 17.3 Å². The van der Waals surface area contributed by atoms with Crippen molar-refractivity contribution in [2.75, 3.05) is 6.54 Å². The molecule has 2 rings (SSSR count). The molecule has 1 heterocycles. The number of hydrogen-bond acceptors (Lipinski definition) is 3. The minimum Gasteiger partial charge on any atom is -0.370 e. The van der Waals surface area contributed by atoms with Crippen LogP contribution in [0.4, 0.5) is 0 Å². The molecule has 116 valence electrons. The summed E-state index contributed by atoms with van der Waals surface area (Å²) in [5.74, 6) is -0.566. The molecule has 0 bridgehead atoms. The first kappa shape index (κ1) is 17.8. The number of rotatable bonds is 5. The molecule has 0 aliphatic carbocycles. The van der Waals surface area contributed by atoms with Gasteiger partial charge in [-0.2, -0.15) is 0 Å². The van der Waals surface area contributed by atoms with Crippen LogP contribution in [0.15, 0.2) is 24.3 Å². The summed E-state index contributed by atoms with van der Waals surface area (Å²) in [5, 5.41) is 6.56. The second kappa shape index (κ2) is 8.22. The molecule has 5 nitrogen and oxygen atoms in total. The Hall–Kier alpha value is -1.30. The van der Waals surface area contributed by atoms with E-state index in [0.717, 1.165) is 24.9 Å². The number of primary amides is 1. The Balaban J connectivity index is 0.00000220. The lowest BCUT2D eigenvalue weighted by molar-refractivity contribution is -0.124. The molecule has 7 heteroatoms. The first-order valence-corrected chi connectivity index (χ1v) is 7.01. The first-order chi connectivity index (χ1) is 9.56. The molecule has 1 unspecified atom stereocenters. The molecule has 1 fully saturated rings. The average molecular weight is 332 g/mol. The van der Waals surface area contributed by atoms with Gasteiger partial charge >= 0.3 is 0 Å². The van der Waals surface area contributed by atoms with Crippen molar-refractivity contribution in [3.63, 3.8) is 0 Å². The largest absolute Gasteiger partial charge is 0.370 e. The van der Waals surface area contributed by atoms with Crippen LogP contribution in [0.2, 0.25) is 5.02 Å². The molecule has 1 aliphatic heterocycles. The standard InChI is InChI=1S/C14H18ClN3O2.ClH/c15-10-4-1-3-9(7-10)12(8-13(16)19)18-14(20)11-5-2-6-17-11;/h1,3-4,7,11-12,17H,2,5-6,8H2,(H2,16,19)(H,18,20);1H/t11?,12-;/m1./s1. The maximum Gasteiger partial charge on any atom is 0.237 e. The van der Waals surface area contributed by atoms with Gasteiger partial charge in [-0.25, -0.2) is 0 Å². The molecule has 2 amide bonds. The lowest BCUT2D eigenvalue weighted by Gasteiger charge is -2.20. The van der Waals surface area contributed by atoms with Gasteiger partial charge in [0.15, 0.2) is 0 Å². The smallest absolute Gasteiger partial charge is 0.237 e. The number of hydrogen-bond donors (Lipinski definition) is 3. The number of halogens is 2. The van der Waals surface area contributed by atoms with E-state index in [9.17, 15) is 9.59 Å². The van der Waals surface area contributed by atoms with E-state index in [0.29, 0.717) is 5.02 Å². The third-order valence-corrected chi connectivity index (χ3v) is 3.58. The van der Waals surface area contributed by atoms with Gasteiger partial charge < -0.3 is 16.4 Å². The van der Waals surface area contributed by atoms with Crippen molar-refractivity contribution in [2.24, 2.45) is 5.73 Å². The highest BCUT2D eigenvalue weighted by molar-refractivity contribution is 6.30. The summed E-state index contributed by atoms with van der Waals surface area (Å²) < 4.78 is 0. The highest BCUT2D eigenvalue weighted by Crippen LogP contribution is 2.21. The third-order valence-electron chi connectivity index (χ3n) is 3.35. The predicted octanol–water partition coefficient (Wildman–Crippen LogP) is 1.55. The fourth-order valence-electron chi connectivity index (χ4n) is 2.36. The van der Waals surface area contributed by atoms with Crippen LogP contribution in [0, 0.1) is 0 Å². The molecule has 0 radical (unpaired) electrons. The summed E-state index contributed by atoms with van der Waals surface area (Å²) in [4.78, 5) is 23.3. The van der Waals surface area contributed by atoms with Crippen molar-refractivity contribution in [2.45, 2.75) is 31.3 Å². The predicted molar refractivity (Wildman–Crippen MR) is 84.4 cm³/mol. The summed E-state index contributed by atoms with van der Waals surface area (Å²) in [7, 11) is 0. The minimum atomic E-state index is -0.463. The molecular weight excluding hydrogens is 313 g/mol. The van der Waals surface area contributed by atoms with Crippen molar-refractivity contribution in [3.8, 4) is 0 Å². The number of benzene rings is 1. The molecule has 0 spiro atoms. The molecule has 0 aromatic heterocycles.